The molecule has 2 rings (SSSR count). The predicted molar refractivity (Wildman–Crippen MR) is 47.1 cm³/mol. The van der Waals surface area contributed by atoms with Crippen molar-refractivity contribution in [1.29, 1.82) is 0 Å². The van der Waals surface area contributed by atoms with Crippen molar-refractivity contribution in [2.75, 3.05) is 6.61 Å². The molecule has 2 unspecified atom stereocenters. The molecule has 1 aromatic rings. The van der Waals surface area contributed by atoms with Crippen molar-refractivity contribution in [2.45, 2.75) is 25.0 Å². The van der Waals surface area contributed by atoms with E-state index in [1.165, 1.54) is 0 Å². The fourth-order valence-corrected chi connectivity index (χ4v) is 1.59. The van der Waals surface area contributed by atoms with Crippen LogP contribution in [0.5, 0.6) is 0 Å². The van der Waals surface area contributed by atoms with Crippen LogP contribution in [0, 0.1) is 0 Å². The van der Waals surface area contributed by atoms with Crippen molar-refractivity contribution in [1.82, 2.24) is 9.78 Å². The number of aliphatic hydroxyl groups is 1. The number of nitrogens with zero attached hydrogens (tertiary/aromatic N) is 2. The molecule has 1 aliphatic rings. The predicted octanol–water partition coefficient (Wildman–Crippen LogP) is 0.632. The Morgan fingerprint density at radius 3 is 3.15 bits per heavy atom. The Kier molecular flexibility index (Phi) is 2.33. The van der Waals surface area contributed by atoms with E-state index in [1.807, 2.05) is 19.3 Å². The van der Waals surface area contributed by atoms with Crippen molar-refractivity contribution in [3.8, 4) is 0 Å². The molecule has 1 saturated heterocycles. The summed E-state index contributed by atoms with van der Waals surface area (Å²) in [5, 5.41) is 13.7. The Labute approximate surface area is 77.1 Å². The van der Waals surface area contributed by atoms with E-state index in [4.69, 9.17) is 4.74 Å². The maximum atomic E-state index is 9.43. The fourth-order valence-electron chi connectivity index (χ4n) is 1.59. The van der Waals surface area contributed by atoms with Crippen molar-refractivity contribution >= 4 is 0 Å². The summed E-state index contributed by atoms with van der Waals surface area (Å²) < 4.78 is 7.26. The van der Waals surface area contributed by atoms with Crippen LogP contribution in [0.4, 0.5) is 0 Å². The van der Waals surface area contributed by atoms with Crippen LogP contribution < -0.4 is 0 Å². The van der Waals surface area contributed by atoms with Crippen LogP contribution in [0.15, 0.2) is 12.3 Å². The van der Waals surface area contributed by atoms with Gasteiger partial charge in [-0.3, -0.25) is 4.68 Å². The van der Waals surface area contributed by atoms with Gasteiger partial charge in [0.25, 0.3) is 0 Å². The topological polar surface area (TPSA) is 47.3 Å². The zero-order valence-electron chi connectivity index (χ0n) is 7.68. The van der Waals surface area contributed by atoms with Gasteiger partial charge in [-0.2, -0.15) is 5.10 Å². The lowest BCUT2D eigenvalue weighted by Crippen LogP contribution is -2.23. The Morgan fingerprint density at radius 2 is 2.54 bits per heavy atom. The first kappa shape index (κ1) is 8.72. The van der Waals surface area contributed by atoms with E-state index in [2.05, 4.69) is 5.10 Å². The van der Waals surface area contributed by atoms with Gasteiger partial charge in [0, 0.05) is 26.3 Å². The van der Waals surface area contributed by atoms with Gasteiger partial charge in [-0.25, -0.2) is 0 Å². The quantitative estimate of drug-likeness (QED) is 0.693. The average molecular weight is 182 g/mol. The molecule has 4 heteroatoms. The molecular weight excluding hydrogens is 168 g/mol. The second kappa shape index (κ2) is 3.47. The number of aliphatic hydroxyl groups excluding tert-OH is 1. The second-order valence-electron chi connectivity index (χ2n) is 3.45. The van der Waals surface area contributed by atoms with Crippen LogP contribution in [0.3, 0.4) is 0 Å². The molecule has 1 aromatic heterocycles. The molecule has 72 valence electrons. The SMILES string of the molecule is Cn1ccc(C2CC(O)CCO2)n1. The van der Waals surface area contributed by atoms with E-state index in [9.17, 15) is 5.11 Å². The number of ether oxygens (including phenoxy) is 1. The number of hydrogen-bond acceptors (Lipinski definition) is 3. The van der Waals surface area contributed by atoms with E-state index in [0.29, 0.717) is 13.0 Å². The molecule has 0 bridgehead atoms. The third-order valence-corrected chi connectivity index (χ3v) is 2.32. The smallest absolute Gasteiger partial charge is 0.104 e. The molecule has 0 radical (unpaired) electrons. The van der Waals surface area contributed by atoms with Gasteiger partial charge in [-0.15, -0.1) is 0 Å². The number of hydrogen-bond donors (Lipinski definition) is 1. The van der Waals surface area contributed by atoms with Gasteiger partial charge >= 0.3 is 0 Å². The van der Waals surface area contributed by atoms with E-state index >= 15 is 0 Å². The van der Waals surface area contributed by atoms with Gasteiger partial charge < -0.3 is 9.84 Å². The molecule has 2 heterocycles. The largest absolute Gasteiger partial charge is 0.393 e. The molecule has 13 heavy (non-hydrogen) atoms. The van der Waals surface area contributed by atoms with Gasteiger partial charge in [-0.1, -0.05) is 0 Å². The van der Waals surface area contributed by atoms with Crippen LogP contribution in [0.1, 0.15) is 24.6 Å². The molecule has 0 saturated carbocycles. The van der Waals surface area contributed by atoms with Crippen molar-refractivity contribution in [3.05, 3.63) is 18.0 Å². The van der Waals surface area contributed by atoms with Gasteiger partial charge in [0.15, 0.2) is 0 Å². The summed E-state index contributed by atoms with van der Waals surface area (Å²) in [5.41, 5.74) is 0.918. The third-order valence-electron chi connectivity index (χ3n) is 2.32. The highest BCUT2D eigenvalue weighted by atomic mass is 16.5. The number of aryl methyl sites for hydroxylation is 1. The maximum absolute atomic E-state index is 9.43. The van der Waals surface area contributed by atoms with E-state index in [-0.39, 0.29) is 12.2 Å². The van der Waals surface area contributed by atoms with Gasteiger partial charge in [0.05, 0.1) is 11.8 Å². The third kappa shape index (κ3) is 1.89. The zero-order valence-corrected chi connectivity index (χ0v) is 7.68. The van der Waals surface area contributed by atoms with Crippen molar-refractivity contribution in [2.24, 2.45) is 7.05 Å². The molecule has 0 spiro atoms. The maximum Gasteiger partial charge on any atom is 0.104 e. The average Bonchev–Trinajstić information content (AvgIpc) is 2.52. The zero-order chi connectivity index (χ0) is 9.26. The molecule has 2 atom stereocenters. The number of aromatic nitrogens is 2. The highest BCUT2D eigenvalue weighted by molar-refractivity contribution is 5.04. The van der Waals surface area contributed by atoms with Gasteiger partial charge in [0.2, 0.25) is 0 Å². The minimum atomic E-state index is -0.235. The first-order valence-electron chi connectivity index (χ1n) is 4.55. The Morgan fingerprint density at radius 1 is 1.69 bits per heavy atom. The molecule has 1 aliphatic heterocycles. The summed E-state index contributed by atoms with van der Waals surface area (Å²) in [6.45, 7) is 0.627. The lowest BCUT2D eigenvalue weighted by Gasteiger charge is -2.24. The van der Waals surface area contributed by atoms with E-state index in [0.717, 1.165) is 12.1 Å². The second-order valence-corrected chi connectivity index (χ2v) is 3.45. The highest BCUT2D eigenvalue weighted by Gasteiger charge is 2.23. The minimum Gasteiger partial charge on any atom is -0.393 e. The highest BCUT2D eigenvalue weighted by Crippen LogP contribution is 2.26. The first-order chi connectivity index (χ1) is 6.25. The van der Waals surface area contributed by atoms with Crippen LogP contribution in [-0.4, -0.2) is 27.6 Å². The van der Waals surface area contributed by atoms with Crippen LogP contribution in [-0.2, 0) is 11.8 Å². The van der Waals surface area contributed by atoms with Crippen molar-refractivity contribution < 1.29 is 9.84 Å². The Hall–Kier alpha value is -0.870. The lowest BCUT2D eigenvalue weighted by molar-refractivity contribution is -0.0468. The summed E-state index contributed by atoms with van der Waals surface area (Å²) >= 11 is 0. The van der Waals surface area contributed by atoms with Gasteiger partial charge in [-0.05, 0) is 12.5 Å². The molecule has 1 N–H and O–H groups in total. The van der Waals surface area contributed by atoms with Crippen molar-refractivity contribution in [3.63, 3.8) is 0 Å². The molecule has 0 amide bonds. The van der Waals surface area contributed by atoms with Crippen LogP contribution >= 0.6 is 0 Å². The summed E-state index contributed by atoms with van der Waals surface area (Å²) in [6, 6.07) is 1.93. The van der Waals surface area contributed by atoms with Crippen LogP contribution in [0.25, 0.3) is 0 Å². The summed E-state index contributed by atoms with van der Waals surface area (Å²) in [4.78, 5) is 0. The normalized spacial score (nSPS) is 29.1. The van der Waals surface area contributed by atoms with E-state index < -0.39 is 0 Å². The molecular formula is C9H14N2O2. The number of rotatable bonds is 1. The summed E-state index contributed by atoms with van der Waals surface area (Å²) in [6.07, 6.45) is 3.03. The molecule has 0 aromatic carbocycles. The standard InChI is InChI=1S/C9H14N2O2/c1-11-4-2-8(10-11)9-6-7(12)3-5-13-9/h2,4,7,9,12H,3,5-6H2,1H3. The Bertz CT molecular complexity index is 285. The fraction of sp³-hybridized carbons (Fsp3) is 0.667. The Balaban J connectivity index is 2.08. The monoisotopic (exact) mass is 182 g/mol. The lowest BCUT2D eigenvalue weighted by atomic mass is 10.0. The summed E-state index contributed by atoms with van der Waals surface area (Å²) in [5.74, 6) is 0. The molecule has 4 nitrogen and oxygen atoms in total. The summed E-state index contributed by atoms with van der Waals surface area (Å²) in [7, 11) is 1.88. The van der Waals surface area contributed by atoms with Crippen LogP contribution in [0.2, 0.25) is 0 Å². The minimum absolute atomic E-state index is 0.0232. The van der Waals surface area contributed by atoms with Gasteiger partial charge in [0.1, 0.15) is 6.10 Å². The molecule has 1 fully saturated rings. The first-order valence-corrected chi connectivity index (χ1v) is 4.55. The molecule has 0 aliphatic carbocycles. The van der Waals surface area contributed by atoms with E-state index in [1.54, 1.807) is 4.68 Å².